The Morgan fingerprint density at radius 2 is 1.47 bits per heavy atom. The average molecular weight is 415 g/mol. The Labute approximate surface area is 183 Å². The second-order valence-electron chi connectivity index (χ2n) is 7.64. The van der Waals surface area contributed by atoms with Crippen molar-refractivity contribution in [2.75, 3.05) is 32.7 Å². The summed E-state index contributed by atoms with van der Waals surface area (Å²) in [4.78, 5) is 19.4. The number of carbonyl (C=O) groups is 1. The number of thiophene rings is 1. The van der Waals surface area contributed by atoms with E-state index in [0.717, 1.165) is 48.0 Å². The van der Waals surface area contributed by atoms with Gasteiger partial charge in [0.25, 0.3) is 0 Å². The Balaban J connectivity index is 1.22. The molecule has 1 aromatic heterocycles. The number of Topliss-reactive ketones (excluding diaryl/α,β-unsaturated/α-hetero) is 1. The lowest BCUT2D eigenvalue weighted by molar-refractivity contribution is -0.120. The van der Waals surface area contributed by atoms with Gasteiger partial charge in [0.15, 0.2) is 5.78 Å². The van der Waals surface area contributed by atoms with Crippen LogP contribution in [-0.4, -0.2) is 48.3 Å². The third-order valence-corrected chi connectivity index (χ3v) is 6.25. The largest absolute Gasteiger partial charge is 0.298 e. The topological polar surface area (TPSA) is 23.6 Å². The molecule has 0 spiro atoms. The van der Waals surface area contributed by atoms with Gasteiger partial charge in [-0.3, -0.25) is 14.6 Å². The molecule has 0 N–H and O–H groups in total. The second-order valence-corrected chi connectivity index (χ2v) is 8.80. The molecular weight excluding hydrogens is 388 g/mol. The summed E-state index contributed by atoms with van der Waals surface area (Å²) in [6, 6.07) is 24.6. The van der Waals surface area contributed by atoms with E-state index in [1.54, 1.807) is 11.3 Å². The summed E-state index contributed by atoms with van der Waals surface area (Å²) < 4.78 is 0. The minimum Gasteiger partial charge on any atom is -0.298 e. The molecule has 152 valence electrons. The van der Waals surface area contributed by atoms with E-state index in [0.29, 0.717) is 13.0 Å². The van der Waals surface area contributed by atoms with Gasteiger partial charge in [-0.05, 0) is 29.8 Å². The Morgan fingerprint density at radius 3 is 2.20 bits per heavy atom. The molecule has 1 aliphatic rings. The van der Waals surface area contributed by atoms with Gasteiger partial charge in [-0.2, -0.15) is 0 Å². The van der Waals surface area contributed by atoms with Crippen molar-refractivity contribution in [3.8, 4) is 11.8 Å². The monoisotopic (exact) mass is 414 g/mol. The molecule has 1 fully saturated rings. The molecule has 2 aromatic carbocycles. The maximum Gasteiger partial charge on any atom is 0.152 e. The van der Waals surface area contributed by atoms with Crippen LogP contribution in [0.5, 0.6) is 0 Å². The lowest BCUT2D eigenvalue weighted by Crippen LogP contribution is -2.47. The van der Waals surface area contributed by atoms with Crippen molar-refractivity contribution in [1.29, 1.82) is 0 Å². The Hall–Kier alpha value is -2.71. The molecular formula is C26H26N2OS. The van der Waals surface area contributed by atoms with E-state index in [9.17, 15) is 4.79 Å². The van der Waals surface area contributed by atoms with Crippen LogP contribution in [0.25, 0.3) is 0 Å². The molecule has 2 heterocycles. The normalized spacial score (nSPS) is 14.8. The van der Waals surface area contributed by atoms with Crippen LogP contribution in [0.2, 0.25) is 0 Å². The van der Waals surface area contributed by atoms with Gasteiger partial charge in [-0.15, -0.1) is 11.3 Å². The molecule has 30 heavy (non-hydrogen) atoms. The molecule has 4 rings (SSSR count). The van der Waals surface area contributed by atoms with Crippen LogP contribution in [-0.2, 0) is 17.8 Å². The van der Waals surface area contributed by atoms with Crippen LogP contribution in [0.4, 0.5) is 0 Å². The Morgan fingerprint density at radius 1 is 0.800 bits per heavy atom. The summed E-state index contributed by atoms with van der Waals surface area (Å²) in [6.45, 7) is 5.47. The summed E-state index contributed by atoms with van der Waals surface area (Å²) in [5.41, 5.74) is 2.36. The predicted molar refractivity (Wildman–Crippen MR) is 124 cm³/mol. The smallest absolute Gasteiger partial charge is 0.152 e. The highest BCUT2D eigenvalue weighted by atomic mass is 32.1. The fourth-order valence-corrected chi connectivity index (χ4v) is 4.53. The number of hydrogen-bond acceptors (Lipinski definition) is 4. The van der Waals surface area contributed by atoms with Gasteiger partial charge in [-0.25, -0.2) is 0 Å². The number of piperazine rings is 1. The Bertz CT molecular complexity index is 1010. The van der Waals surface area contributed by atoms with Gasteiger partial charge in [-0.1, -0.05) is 60.4 Å². The van der Waals surface area contributed by atoms with Crippen molar-refractivity contribution >= 4 is 17.1 Å². The zero-order chi connectivity index (χ0) is 20.6. The summed E-state index contributed by atoms with van der Waals surface area (Å²) in [7, 11) is 0. The maximum atomic E-state index is 12.6. The summed E-state index contributed by atoms with van der Waals surface area (Å²) in [5, 5.41) is 0. The minimum atomic E-state index is 0.288. The average Bonchev–Trinajstić information content (AvgIpc) is 3.22. The third kappa shape index (κ3) is 6.14. The van der Waals surface area contributed by atoms with Gasteiger partial charge < -0.3 is 0 Å². The fourth-order valence-electron chi connectivity index (χ4n) is 3.64. The van der Waals surface area contributed by atoms with E-state index >= 15 is 0 Å². The van der Waals surface area contributed by atoms with Crippen LogP contribution < -0.4 is 0 Å². The summed E-state index contributed by atoms with van der Waals surface area (Å²) in [5.74, 6) is 6.67. The van der Waals surface area contributed by atoms with Crippen molar-refractivity contribution in [3.05, 3.63) is 93.7 Å². The van der Waals surface area contributed by atoms with Gasteiger partial charge in [0.05, 0.1) is 11.4 Å². The predicted octanol–water partition coefficient (Wildman–Crippen LogP) is 4.08. The molecule has 0 unspecified atom stereocenters. The number of hydrogen-bond donors (Lipinski definition) is 0. The number of benzene rings is 2. The van der Waals surface area contributed by atoms with Crippen molar-refractivity contribution in [3.63, 3.8) is 0 Å². The number of ketones is 1. The molecule has 0 atom stereocenters. The molecule has 0 amide bonds. The SMILES string of the molecule is O=C(Cc1ccc(C#Cc2ccccc2)s1)CN1CCN(Cc2ccccc2)CC1. The van der Waals surface area contributed by atoms with Crippen molar-refractivity contribution in [1.82, 2.24) is 9.80 Å². The zero-order valence-electron chi connectivity index (χ0n) is 17.1. The van der Waals surface area contributed by atoms with Crippen LogP contribution in [0.15, 0.2) is 72.8 Å². The Kier molecular flexibility index (Phi) is 7.10. The van der Waals surface area contributed by atoms with Gasteiger partial charge in [0, 0.05) is 49.6 Å². The van der Waals surface area contributed by atoms with Crippen molar-refractivity contribution < 1.29 is 4.79 Å². The lowest BCUT2D eigenvalue weighted by atomic mass is 10.2. The van der Waals surface area contributed by atoms with Crippen LogP contribution >= 0.6 is 11.3 Å². The van der Waals surface area contributed by atoms with Crippen LogP contribution in [0.3, 0.4) is 0 Å². The van der Waals surface area contributed by atoms with Crippen molar-refractivity contribution in [2.45, 2.75) is 13.0 Å². The van der Waals surface area contributed by atoms with E-state index in [4.69, 9.17) is 0 Å². The molecule has 0 aliphatic carbocycles. The first-order valence-electron chi connectivity index (χ1n) is 10.4. The molecule has 0 radical (unpaired) electrons. The van der Waals surface area contributed by atoms with E-state index < -0.39 is 0 Å². The van der Waals surface area contributed by atoms with Gasteiger partial charge in [0.1, 0.15) is 0 Å². The van der Waals surface area contributed by atoms with Crippen LogP contribution in [0, 0.1) is 11.8 Å². The number of rotatable bonds is 6. The minimum absolute atomic E-state index is 0.288. The number of carbonyl (C=O) groups excluding carboxylic acids is 1. The fraction of sp³-hybridized carbons (Fsp3) is 0.269. The highest BCUT2D eigenvalue weighted by Gasteiger charge is 2.19. The van der Waals surface area contributed by atoms with Gasteiger partial charge in [0.2, 0.25) is 0 Å². The van der Waals surface area contributed by atoms with Crippen molar-refractivity contribution in [2.24, 2.45) is 0 Å². The highest BCUT2D eigenvalue weighted by Crippen LogP contribution is 2.17. The standard InChI is InChI=1S/C26H26N2OS/c29-24(19-26-14-13-25(30-26)12-11-22-7-3-1-4-8-22)21-28-17-15-27(16-18-28)20-23-9-5-2-6-10-23/h1-10,13-14H,15-21H2. The van der Waals surface area contributed by atoms with Crippen LogP contribution in [0.1, 0.15) is 20.9 Å². The first-order chi connectivity index (χ1) is 14.7. The maximum absolute atomic E-state index is 12.6. The molecule has 4 heteroatoms. The summed E-state index contributed by atoms with van der Waals surface area (Å²) in [6.07, 6.45) is 0.502. The molecule has 0 bridgehead atoms. The number of nitrogens with zero attached hydrogens (tertiary/aromatic N) is 2. The molecule has 1 saturated heterocycles. The lowest BCUT2D eigenvalue weighted by Gasteiger charge is -2.34. The first-order valence-corrected chi connectivity index (χ1v) is 11.2. The summed E-state index contributed by atoms with van der Waals surface area (Å²) >= 11 is 1.62. The highest BCUT2D eigenvalue weighted by molar-refractivity contribution is 7.12. The van der Waals surface area contributed by atoms with Gasteiger partial charge >= 0.3 is 0 Å². The van der Waals surface area contributed by atoms with E-state index in [-0.39, 0.29) is 5.78 Å². The first kappa shape index (κ1) is 20.6. The zero-order valence-corrected chi connectivity index (χ0v) is 17.9. The quantitative estimate of drug-likeness (QED) is 0.568. The van der Waals surface area contributed by atoms with E-state index in [1.165, 1.54) is 5.56 Å². The second kappa shape index (κ2) is 10.4. The third-order valence-electron chi connectivity index (χ3n) is 5.25. The molecule has 3 nitrogen and oxygen atoms in total. The van der Waals surface area contributed by atoms with E-state index in [1.807, 2.05) is 42.5 Å². The molecule has 3 aromatic rings. The molecule has 1 aliphatic heterocycles. The molecule has 0 saturated carbocycles. The van der Waals surface area contributed by atoms with E-state index in [2.05, 4.69) is 52.0 Å².